The molecule has 0 fully saturated rings. The molecule has 2 N–H and O–H groups in total. The average molecular weight is 245 g/mol. The quantitative estimate of drug-likeness (QED) is 0.821. The Morgan fingerprint density at radius 3 is 2.67 bits per heavy atom. The molecular formula is C14H19N3O. The second kappa shape index (κ2) is 6.21. The van der Waals surface area contributed by atoms with Crippen molar-refractivity contribution in [2.75, 3.05) is 14.2 Å². The topological polar surface area (TPSA) is 49.9 Å². The molecule has 0 saturated carbocycles. The Hall–Kier alpha value is -1.81. The van der Waals surface area contributed by atoms with Crippen LogP contribution in [0.5, 0.6) is 5.75 Å². The van der Waals surface area contributed by atoms with Gasteiger partial charge in [0.25, 0.3) is 0 Å². The molecule has 2 aromatic rings. The van der Waals surface area contributed by atoms with E-state index in [0.717, 1.165) is 24.4 Å². The summed E-state index contributed by atoms with van der Waals surface area (Å²) in [5, 5.41) is 3.28. The number of aromatic amines is 1. The van der Waals surface area contributed by atoms with Crippen molar-refractivity contribution in [3.63, 3.8) is 0 Å². The summed E-state index contributed by atoms with van der Waals surface area (Å²) in [5.74, 6) is 1.89. The maximum absolute atomic E-state index is 5.15. The summed E-state index contributed by atoms with van der Waals surface area (Å²) in [4.78, 5) is 7.44. The third-order valence-corrected chi connectivity index (χ3v) is 3.08. The van der Waals surface area contributed by atoms with Gasteiger partial charge in [-0.1, -0.05) is 12.1 Å². The van der Waals surface area contributed by atoms with Crippen LogP contribution in [-0.2, 0) is 6.42 Å². The SMILES string of the molecule is CNC(CCc1ccc(OC)cc1)c1ncc[nH]1. The molecular weight excluding hydrogens is 226 g/mol. The zero-order valence-electron chi connectivity index (χ0n) is 10.8. The number of rotatable bonds is 6. The van der Waals surface area contributed by atoms with E-state index in [9.17, 15) is 0 Å². The average Bonchev–Trinajstić information content (AvgIpc) is 2.94. The van der Waals surface area contributed by atoms with Crippen molar-refractivity contribution < 1.29 is 4.74 Å². The Balaban J connectivity index is 1.93. The van der Waals surface area contributed by atoms with Crippen molar-refractivity contribution in [1.29, 1.82) is 0 Å². The molecule has 0 spiro atoms. The minimum atomic E-state index is 0.266. The van der Waals surface area contributed by atoms with Crippen LogP contribution in [0.25, 0.3) is 0 Å². The van der Waals surface area contributed by atoms with E-state index in [4.69, 9.17) is 4.74 Å². The Morgan fingerprint density at radius 1 is 1.33 bits per heavy atom. The van der Waals surface area contributed by atoms with E-state index in [1.807, 2.05) is 25.4 Å². The van der Waals surface area contributed by atoms with E-state index < -0.39 is 0 Å². The minimum absolute atomic E-state index is 0.266. The first kappa shape index (κ1) is 12.6. The van der Waals surface area contributed by atoms with Crippen molar-refractivity contribution in [1.82, 2.24) is 15.3 Å². The third kappa shape index (κ3) is 3.11. The number of benzene rings is 1. The highest BCUT2D eigenvalue weighted by molar-refractivity contribution is 5.27. The van der Waals surface area contributed by atoms with Crippen molar-refractivity contribution in [2.24, 2.45) is 0 Å². The van der Waals surface area contributed by atoms with E-state index >= 15 is 0 Å². The van der Waals surface area contributed by atoms with Gasteiger partial charge in [0.2, 0.25) is 0 Å². The molecule has 4 nitrogen and oxygen atoms in total. The zero-order valence-corrected chi connectivity index (χ0v) is 10.8. The lowest BCUT2D eigenvalue weighted by Crippen LogP contribution is -2.18. The van der Waals surface area contributed by atoms with Crippen LogP contribution in [0.15, 0.2) is 36.7 Å². The van der Waals surface area contributed by atoms with Gasteiger partial charge in [-0.2, -0.15) is 0 Å². The molecule has 0 amide bonds. The van der Waals surface area contributed by atoms with E-state index in [-0.39, 0.29) is 6.04 Å². The summed E-state index contributed by atoms with van der Waals surface area (Å²) in [6.45, 7) is 0. The first-order valence-corrected chi connectivity index (χ1v) is 6.13. The number of nitrogens with one attached hydrogen (secondary N) is 2. The van der Waals surface area contributed by atoms with Crippen LogP contribution in [0.2, 0.25) is 0 Å². The number of aromatic nitrogens is 2. The fraction of sp³-hybridized carbons (Fsp3) is 0.357. The number of hydrogen-bond donors (Lipinski definition) is 2. The lowest BCUT2D eigenvalue weighted by Gasteiger charge is -2.13. The Bertz CT molecular complexity index is 450. The van der Waals surface area contributed by atoms with Gasteiger partial charge in [0.15, 0.2) is 0 Å². The van der Waals surface area contributed by atoms with Crippen molar-refractivity contribution in [3.8, 4) is 5.75 Å². The fourth-order valence-electron chi connectivity index (χ4n) is 1.99. The third-order valence-electron chi connectivity index (χ3n) is 3.08. The number of aryl methyl sites for hydroxylation is 1. The lowest BCUT2D eigenvalue weighted by atomic mass is 10.0. The van der Waals surface area contributed by atoms with Crippen molar-refractivity contribution in [3.05, 3.63) is 48.0 Å². The van der Waals surface area contributed by atoms with Gasteiger partial charge in [-0.3, -0.25) is 0 Å². The van der Waals surface area contributed by atoms with Gasteiger partial charge in [-0.05, 0) is 37.6 Å². The van der Waals surface area contributed by atoms with Gasteiger partial charge in [-0.15, -0.1) is 0 Å². The van der Waals surface area contributed by atoms with Gasteiger partial charge in [0.1, 0.15) is 11.6 Å². The lowest BCUT2D eigenvalue weighted by molar-refractivity contribution is 0.414. The van der Waals surface area contributed by atoms with E-state index in [1.54, 1.807) is 13.3 Å². The van der Waals surface area contributed by atoms with Gasteiger partial charge in [0.05, 0.1) is 13.2 Å². The largest absolute Gasteiger partial charge is 0.497 e. The fourth-order valence-corrected chi connectivity index (χ4v) is 1.99. The second-order valence-corrected chi connectivity index (χ2v) is 4.20. The standard InChI is InChI=1S/C14H19N3O/c1-15-13(14-16-9-10-17-14)8-5-11-3-6-12(18-2)7-4-11/h3-4,6-7,9-10,13,15H,5,8H2,1-2H3,(H,16,17). The molecule has 1 heterocycles. The van der Waals surface area contributed by atoms with E-state index in [1.165, 1.54) is 5.56 Å². The Kier molecular flexibility index (Phi) is 4.36. The molecule has 1 unspecified atom stereocenters. The van der Waals surface area contributed by atoms with Crippen molar-refractivity contribution in [2.45, 2.75) is 18.9 Å². The zero-order chi connectivity index (χ0) is 12.8. The van der Waals surface area contributed by atoms with Crippen LogP contribution >= 0.6 is 0 Å². The number of H-pyrrole nitrogens is 1. The van der Waals surface area contributed by atoms with Gasteiger partial charge < -0.3 is 15.0 Å². The molecule has 0 radical (unpaired) electrons. The maximum atomic E-state index is 5.15. The number of imidazole rings is 1. The Labute approximate surface area is 107 Å². The summed E-state index contributed by atoms with van der Waals surface area (Å²) in [7, 11) is 3.64. The van der Waals surface area contributed by atoms with Crippen LogP contribution in [0.1, 0.15) is 23.9 Å². The molecule has 18 heavy (non-hydrogen) atoms. The van der Waals surface area contributed by atoms with Crippen molar-refractivity contribution >= 4 is 0 Å². The van der Waals surface area contributed by atoms with Crippen LogP contribution in [0.3, 0.4) is 0 Å². The monoisotopic (exact) mass is 245 g/mol. The number of ether oxygens (including phenoxy) is 1. The summed E-state index contributed by atoms with van der Waals surface area (Å²) < 4.78 is 5.15. The Morgan fingerprint density at radius 2 is 2.11 bits per heavy atom. The molecule has 4 heteroatoms. The molecule has 1 aromatic carbocycles. The summed E-state index contributed by atoms with van der Waals surface area (Å²) >= 11 is 0. The van der Waals surface area contributed by atoms with Crippen LogP contribution in [0.4, 0.5) is 0 Å². The first-order chi connectivity index (χ1) is 8.83. The number of methoxy groups -OCH3 is 1. The summed E-state index contributed by atoms with van der Waals surface area (Å²) in [6.07, 6.45) is 5.66. The van der Waals surface area contributed by atoms with Gasteiger partial charge >= 0.3 is 0 Å². The molecule has 0 aliphatic rings. The van der Waals surface area contributed by atoms with Gasteiger partial charge in [0, 0.05) is 12.4 Å². The predicted molar refractivity (Wildman–Crippen MR) is 71.7 cm³/mol. The molecule has 1 atom stereocenters. The highest BCUT2D eigenvalue weighted by Crippen LogP contribution is 2.17. The molecule has 0 saturated heterocycles. The first-order valence-electron chi connectivity index (χ1n) is 6.13. The maximum Gasteiger partial charge on any atom is 0.123 e. The van der Waals surface area contributed by atoms with E-state index in [0.29, 0.717) is 0 Å². The molecule has 96 valence electrons. The van der Waals surface area contributed by atoms with E-state index in [2.05, 4.69) is 27.4 Å². The second-order valence-electron chi connectivity index (χ2n) is 4.20. The van der Waals surface area contributed by atoms with Crippen LogP contribution in [0, 0.1) is 0 Å². The molecule has 0 bridgehead atoms. The molecule has 1 aromatic heterocycles. The molecule has 0 aliphatic carbocycles. The highest BCUT2D eigenvalue weighted by atomic mass is 16.5. The minimum Gasteiger partial charge on any atom is -0.497 e. The molecule has 2 rings (SSSR count). The van der Waals surface area contributed by atoms with Gasteiger partial charge in [-0.25, -0.2) is 4.98 Å². The number of hydrogen-bond acceptors (Lipinski definition) is 3. The predicted octanol–water partition coefficient (Wildman–Crippen LogP) is 2.31. The number of nitrogens with zero attached hydrogens (tertiary/aromatic N) is 1. The summed E-state index contributed by atoms with van der Waals surface area (Å²) in [5.41, 5.74) is 1.31. The summed E-state index contributed by atoms with van der Waals surface area (Å²) in [6, 6.07) is 8.47. The van der Waals surface area contributed by atoms with Crippen LogP contribution < -0.4 is 10.1 Å². The normalized spacial score (nSPS) is 12.3. The molecule has 0 aliphatic heterocycles. The highest BCUT2D eigenvalue weighted by Gasteiger charge is 2.11. The van der Waals surface area contributed by atoms with Crippen LogP contribution in [-0.4, -0.2) is 24.1 Å². The smallest absolute Gasteiger partial charge is 0.123 e.